The van der Waals surface area contributed by atoms with Crippen molar-refractivity contribution in [3.8, 4) is 0 Å². The van der Waals surface area contributed by atoms with E-state index in [1.165, 1.54) is 4.88 Å². The molecule has 0 aliphatic rings. The Kier molecular flexibility index (Phi) is 6.01. The van der Waals surface area contributed by atoms with Crippen molar-refractivity contribution in [3.05, 3.63) is 22.4 Å². The first-order valence-corrected chi connectivity index (χ1v) is 7.53. The molecule has 5 nitrogen and oxygen atoms in total. The fraction of sp³-hybridized carbons (Fsp3) is 0.571. The molecule has 112 valence electrons. The van der Waals surface area contributed by atoms with Crippen LogP contribution in [0.2, 0.25) is 0 Å². The third-order valence-corrected chi connectivity index (χ3v) is 4.47. The largest absolute Gasteiger partial charge is 0.481 e. The maximum absolute atomic E-state index is 11.7. The Bertz CT molecular complexity index is 443. The van der Waals surface area contributed by atoms with E-state index >= 15 is 0 Å². The smallest absolute Gasteiger partial charge is 0.314 e. The minimum atomic E-state index is -0.883. The van der Waals surface area contributed by atoms with E-state index < -0.39 is 11.9 Å². The summed E-state index contributed by atoms with van der Waals surface area (Å²) >= 11 is 1.66. The number of carbonyl (C=O) groups is 2. The van der Waals surface area contributed by atoms with Crippen molar-refractivity contribution in [2.24, 2.45) is 5.92 Å². The molecule has 1 heterocycles. The summed E-state index contributed by atoms with van der Waals surface area (Å²) in [5, 5.41) is 16.3. The van der Waals surface area contributed by atoms with Crippen LogP contribution in [0.15, 0.2) is 17.5 Å². The SMILES string of the molecule is CCC(CNC(=O)NCC(C)(C)c1cccs1)C(=O)O. The lowest BCUT2D eigenvalue weighted by molar-refractivity contribution is -0.141. The van der Waals surface area contributed by atoms with Gasteiger partial charge in [-0.05, 0) is 17.9 Å². The van der Waals surface area contributed by atoms with Crippen molar-refractivity contribution < 1.29 is 14.7 Å². The third-order valence-electron chi connectivity index (χ3n) is 3.23. The summed E-state index contributed by atoms with van der Waals surface area (Å²) < 4.78 is 0. The highest BCUT2D eigenvalue weighted by atomic mass is 32.1. The second kappa shape index (κ2) is 7.28. The van der Waals surface area contributed by atoms with Gasteiger partial charge in [-0.15, -0.1) is 11.3 Å². The Morgan fingerprint density at radius 1 is 1.40 bits per heavy atom. The molecular formula is C14H22N2O3S. The van der Waals surface area contributed by atoms with Crippen LogP contribution in [0.1, 0.15) is 32.1 Å². The van der Waals surface area contributed by atoms with Crippen LogP contribution in [-0.2, 0) is 10.2 Å². The van der Waals surface area contributed by atoms with Gasteiger partial charge >= 0.3 is 12.0 Å². The number of nitrogens with one attached hydrogen (secondary N) is 2. The fourth-order valence-electron chi connectivity index (χ4n) is 1.74. The van der Waals surface area contributed by atoms with Crippen molar-refractivity contribution in [1.82, 2.24) is 10.6 Å². The van der Waals surface area contributed by atoms with E-state index in [1.54, 1.807) is 18.3 Å². The van der Waals surface area contributed by atoms with E-state index in [1.807, 2.05) is 17.5 Å². The number of thiophene rings is 1. The first kappa shape index (κ1) is 16.5. The zero-order valence-corrected chi connectivity index (χ0v) is 12.9. The van der Waals surface area contributed by atoms with Crippen LogP contribution in [0, 0.1) is 5.92 Å². The second-order valence-corrected chi connectivity index (χ2v) is 6.32. The van der Waals surface area contributed by atoms with Gasteiger partial charge in [-0.3, -0.25) is 4.79 Å². The highest BCUT2D eigenvalue weighted by Gasteiger charge is 2.23. The number of carboxylic acids is 1. The minimum Gasteiger partial charge on any atom is -0.481 e. The van der Waals surface area contributed by atoms with Crippen molar-refractivity contribution in [3.63, 3.8) is 0 Å². The summed E-state index contributed by atoms with van der Waals surface area (Å²) in [5.41, 5.74) is -0.136. The van der Waals surface area contributed by atoms with Gasteiger partial charge in [0, 0.05) is 23.4 Å². The number of amides is 2. The average Bonchev–Trinajstić information content (AvgIpc) is 2.91. The van der Waals surface area contributed by atoms with E-state index in [9.17, 15) is 9.59 Å². The molecule has 0 saturated carbocycles. The first-order valence-electron chi connectivity index (χ1n) is 6.65. The lowest BCUT2D eigenvalue weighted by atomic mass is 9.91. The molecule has 1 unspecified atom stereocenters. The highest BCUT2D eigenvalue weighted by molar-refractivity contribution is 7.10. The topological polar surface area (TPSA) is 78.4 Å². The predicted molar refractivity (Wildman–Crippen MR) is 80.2 cm³/mol. The Morgan fingerprint density at radius 3 is 2.60 bits per heavy atom. The molecule has 1 rings (SSSR count). The summed E-state index contributed by atoms with van der Waals surface area (Å²) in [5.74, 6) is -1.42. The van der Waals surface area contributed by atoms with Crippen LogP contribution in [0.5, 0.6) is 0 Å². The van der Waals surface area contributed by atoms with E-state index in [4.69, 9.17) is 5.11 Å². The molecule has 20 heavy (non-hydrogen) atoms. The van der Waals surface area contributed by atoms with Crippen molar-refractivity contribution in [1.29, 1.82) is 0 Å². The molecule has 1 aromatic heterocycles. The van der Waals surface area contributed by atoms with Crippen LogP contribution in [0.3, 0.4) is 0 Å². The fourth-order valence-corrected chi connectivity index (χ4v) is 2.59. The van der Waals surface area contributed by atoms with Crippen LogP contribution in [-0.4, -0.2) is 30.2 Å². The molecule has 1 aromatic rings. The lowest BCUT2D eigenvalue weighted by Crippen LogP contribution is -2.44. The molecular weight excluding hydrogens is 276 g/mol. The zero-order chi connectivity index (χ0) is 15.2. The first-order chi connectivity index (χ1) is 9.36. The lowest BCUT2D eigenvalue weighted by Gasteiger charge is -2.24. The molecule has 0 spiro atoms. The van der Waals surface area contributed by atoms with Gasteiger partial charge in [0.15, 0.2) is 0 Å². The van der Waals surface area contributed by atoms with Crippen LogP contribution in [0.25, 0.3) is 0 Å². The van der Waals surface area contributed by atoms with Gasteiger partial charge in [0.2, 0.25) is 0 Å². The Labute approximate surface area is 123 Å². The molecule has 0 aliphatic carbocycles. The van der Waals surface area contributed by atoms with Crippen LogP contribution < -0.4 is 10.6 Å². The quantitative estimate of drug-likeness (QED) is 0.723. The zero-order valence-electron chi connectivity index (χ0n) is 12.1. The number of hydrogen-bond acceptors (Lipinski definition) is 3. The van der Waals surface area contributed by atoms with E-state index in [0.29, 0.717) is 13.0 Å². The molecule has 6 heteroatoms. The van der Waals surface area contributed by atoms with Gasteiger partial charge in [-0.25, -0.2) is 4.79 Å². The van der Waals surface area contributed by atoms with Gasteiger partial charge in [0.05, 0.1) is 5.92 Å². The molecule has 2 amide bonds. The van der Waals surface area contributed by atoms with Gasteiger partial charge in [0.25, 0.3) is 0 Å². The summed E-state index contributed by atoms with van der Waals surface area (Å²) in [6.45, 7) is 6.56. The number of hydrogen-bond donors (Lipinski definition) is 3. The molecule has 0 bridgehead atoms. The summed E-state index contributed by atoms with van der Waals surface area (Å²) in [4.78, 5) is 23.7. The number of carbonyl (C=O) groups excluding carboxylic acids is 1. The molecule has 0 radical (unpaired) electrons. The van der Waals surface area contributed by atoms with Gasteiger partial charge < -0.3 is 15.7 Å². The molecule has 0 fully saturated rings. The summed E-state index contributed by atoms with van der Waals surface area (Å²) in [6.07, 6.45) is 0.496. The van der Waals surface area contributed by atoms with E-state index in [-0.39, 0.29) is 18.0 Å². The Hall–Kier alpha value is -1.56. The number of aliphatic carboxylic acids is 1. The van der Waals surface area contributed by atoms with Crippen molar-refractivity contribution >= 4 is 23.3 Å². The maximum atomic E-state index is 11.7. The minimum absolute atomic E-state index is 0.136. The number of urea groups is 1. The molecule has 3 N–H and O–H groups in total. The van der Waals surface area contributed by atoms with Gasteiger partial charge in [0.1, 0.15) is 0 Å². The Balaban J connectivity index is 2.38. The molecule has 0 aliphatic heterocycles. The predicted octanol–water partition coefficient (Wildman–Crippen LogP) is 2.44. The number of rotatable bonds is 7. The summed E-state index contributed by atoms with van der Waals surface area (Å²) in [7, 11) is 0. The van der Waals surface area contributed by atoms with Gasteiger partial charge in [-0.1, -0.05) is 26.8 Å². The normalized spacial score (nSPS) is 12.8. The maximum Gasteiger partial charge on any atom is 0.314 e. The summed E-state index contributed by atoms with van der Waals surface area (Å²) in [6, 6.07) is 3.71. The van der Waals surface area contributed by atoms with Crippen molar-refractivity contribution in [2.45, 2.75) is 32.6 Å². The van der Waals surface area contributed by atoms with E-state index in [2.05, 4.69) is 24.5 Å². The average molecular weight is 298 g/mol. The van der Waals surface area contributed by atoms with Gasteiger partial charge in [-0.2, -0.15) is 0 Å². The Morgan fingerprint density at radius 2 is 2.10 bits per heavy atom. The highest BCUT2D eigenvalue weighted by Crippen LogP contribution is 2.26. The second-order valence-electron chi connectivity index (χ2n) is 5.37. The van der Waals surface area contributed by atoms with Crippen LogP contribution >= 0.6 is 11.3 Å². The third kappa shape index (κ3) is 4.85. The molecule has 1 atom stereocenters. The van der Waals surface area contributed by atoms with Crippen molar-refractivity contribution in [2.75, 3.05) is 13.1 Å². The monoisotopic (exact) mass is 298 g/mol. The number of carboxylic acid groups (broad SMARTS) is 1. The standard InChI is InChI=1S/C14H22N2O3S/c1-4-10(12(17)18)8-15-13(19)16-9-14(2,3)11-6-5-7-20-11/h5-7,10H,4,8-9H2,1-3H3,(H,17,18)(H2,15,16,19). The van der Waals surface area contributed by atoms with E-state index in [0.717, 1.165) is 0 Å². The molecule has 0 saturated heterocycles. The van der Waals surface area contributed by atoms with Crippen LogP contribution in [0.4, 0.5) is 4.79 Å². The molecule has 0 aromatic carbocycles.